The lowest BCUT2D eigenvalue weighted by Crippen LogP contribution is -2.43. The number of nitrogens with zero attached hydrogens (tertiary/aromatic N) is 2. The van der Waals surface area contributed by atoms with E-state index in [1.54, 1.807) is 0 Å². The zero-order valence-corrected chi connectivity index (χ0v) is 12.1. The van der Waals surface area contributed by atoms with Crippen LogP contribution in [0.1, 0.15) is 38.0 Å². The standard InChI is InChI=1S/C15H22N2S/c1-3-17(11-14-5-4-8-18-14)15-9-12(2)6-7-13(15)10-16/h4-5,8,12-13,15H,3,6-7,9,11H2,1-2H3. The average molecular weight is 262 g/mol. The van der Waals surface area contributed by atoms with Crippen molar-refractivity contribution in [2.75, 3.05) is 6.54 Å². The van der Waals surface area contributed by atoms with E-state index in [-0.39, 0.29) is 5.92 Å². The minimum Gasteiger partial charge on any atom is -0.294 e. The van der Waals surface area contributed by atoms with Crippen LogP contribution in [-0.2, 0) is 6.54 Å². The molecule has 3 unspecified atom stereocenters. The highest BCUT2D eigenvalue weighted by molar-refractivity contribution is 7.09. The van der Waals surface area contributed by atoms with Crippen LogP contribution in [0.3, 0.4) is 0 Å². The quantitative estimate of drug-likeness (QED) is 0.823. The molecule has 18 heavy (non-hydrogen) atoms. The molecule has 1 fully saturated rings. The maximum absolute atomic E-state index is 9.34. The highest BCUT2D eigenvalue weighted by Crippen LogP contribution is 2.32. The van der Waals surface area contributed by atoms with Gasteiger partial charge in [0, 0.05) is 17.5 Å². The summed E-state index contributed by atoms with van der Waals surface area (Å²) in [7, 11) is 0. The van der Waals surface area contributed by atoms with Gasteiger partial charge in [0.1, 0.15) is 0 Å². The van der Waals surface area contributed by atoms with E-state index >= 15 is 0 Å². The molecule has 2 nitrogen and oxygen atoms in total. The Morgan fingerprint density at radius 1 is 1.50 bits per heavy atom. The first kappa shape index (κ1) is 13.6. The van der Waals surface area contributed by atoms with E-state index in [2.05, 4.69) is 42.3 Å². The minimum atomic E-state index is 0.223. The van der Waals surface area contributed by atoms with Gasteiger partial charge in [-0.15, -0.1) is 11.3 Å². The van der Waals surface area contributed by atoms with Crippen LogP contribution in [-0.4, -0.2) is 17.5 Å². The predicted molar refractivity (Wildman–Crippen MR) is 76.3 cm³/mol. The van der Waals surface area contributed by atoms with Crippen molar-refractivity contribution in [2.45, 2.75) is 45.7 Å². The fraction of sp³-hybridized carbons (Fsp3) is 0.667. The zero-order chi connectivity index (χ0) is 13.0. The molecule has 1 aromatic heterocycles. The Hall–Kier alpha value is -0.850. The maximum atomic E-state index is 9.34. The summed E-state index contributed by atoms with van der Waals surface area (Å²) in [6.45, 7) is 6.57. The first-order chi connectivity index (χ1) is 8.74. The predicted octanol–water partition coefficient (Wildman–Crippen LogP) is 3.90. The minimum absolute atomic E-state index is 0.223. The molecule has 2 rings (SSSR count). The largest absolute Gasteiger partial charge is 0.294 e. The Morgan fingerprint density at radius 3 is 2.94 bits per heavy atom. The number of rotatable bonds is 4. The smallest absolute Gasteiger partial charge is 0.0672 e. The lowest BCUT2D eigenvalue weighted by molar-refractivity contribution is 0.105. The molecular weight excluding hydrogens is 240 g/mol. The summed E-state index contributed by atoms with van der Waals surface area (Å²) in [5.41, 5.74) is 0. The summed E-state index contributed by atoms with van der Waals surface area (Å²) in [6, 6.07) is 7.29. The van der Waals surface area contributed by atoms with Crippen molar-refractivity contribution in [3.05, 3.63) is 22.4 Å². The van der Waals surface area contributed by atoms with Gasteiger partial charge in [-0.25, -0.2) is 0 Å². The Labute approximate surface area is 114 Å². The fourth-order valence-electron chi connectivity index (χ4n) is 2.97. The van der Waals surface area contributed by atoms with Crippen LogP contribution in [0.2, 0.25) is 0 Å². The van der Waals surface area contributed by atoms with E-state index < -0.39 is 0 Å². The first-order valence-corrected chi connectivity index (χ1v) is 7.78. The van der Waals surface area contributed by atoms with Gasteiger partial charge < -0.3 is 0 Å². The molecule has 1 aliphatic rings. The molecular formula is C15H22N2S. The summed E-state index contributed by atoms with van der Waals surface area (Å²) >= 11 is 1.82. The van der Waals surface area contributed by atoms with Gasteiger partial charge in [0.15, 0.2) is 0 Å². The van der Waals surface area contributed by atoms with Gasteiger partial charge in [-0.2, -0.15) is 5.26 Å². The molecule has 0 aromatic carbocycles. The third-order valence-corrected chi connectivity index (χ3v) is 4.92. The van der Waals surface area contributed by atoms with E-state index in [9.17, 15) is 5.26 Å². The molecule has 0 amide bonds. The van der Waals surface area contributed by atoms with E-state index in [0.717, 1.165) is 25.4 Å². The fourth-order valence-corrected chi connectivity index (χ4v) is 3.70. The summed E-state index contributed by atoms with van der Waals surface area (Å²) < 4.78 is 0. The van der Waals surface area contributed by atoms with Crippen molar-refractivity contribution < 1.29 is 0 Å². The van der Waals surface area contributed by atoms with Gasteiger partial charge in [0.2, 0.25) is 0 Å². The first-order valence-electron chi connectivity index (χ1n) is 6.90. The molecule has 98 valence electrons. The molecule has 0 radical (unpaired) electrons. The van der Waals surface area contributed by atoms with Gasteiger partial charge in [0.25, 0.3) is 0 Å². The molecule has 1 saturated carbocycles. The van der Waals surface area contributed by atoms with Gasteiger partial charge in [-0.1, -0.05) is 19.9 Å². The number of thiophene rings is 1. The van der Waals surface area contributed by atoms with Gasteiger partial charge >= 0.3 is 0 Å². The monoisotopic (exact) mass is 262 g/mol. The van der Waals surface area contributed by atoms with Crippen molar-refractivity contribution in [3.8, 4) is 6.07 Å². The van der Waals surface area contributed by atoms with Gasteiger partial charge in [-0.3, -0.25) is 4.90 Å². The Morgan fingerprint density at radius 2 is 2.33 bits per heavy atom. The van der Waals surface area contributed by atoms with E-state index in [4.69, 9.17) is 0 Å². The van der Waals surface area contributed by atoms with Gasteiger partial charge in [-0.05, 0) is 43.2 Å². The van der Waals surface area contributed by atoms with Crippen molar-refractivity contribution >= 4 is 11.3 Å². The molecule has 0 spiro atoms. The highest BCUT2D eigenvalue weighted by Gasteiger charge is 2.32. The molecule has 0 N–H and O–H groups in total. The Balaban J connectivity index is 2.07. The van der Waals surface area contributed by atoms with Crippen molar-refractivity contribution in [3.63, 3.8) is 0 Å². The van der Waals surface area contributed by atoms with Crippen LogP contribution >= 0.6 is 11.3 Å². The highest BCUT2D eigenvalue weighted by atomic mass is 32.1. The number of hydrogen-bond acceptors (Lipinski definition) is 3. The molecule has 1 aliphatic carbocycles. The molecule has 3 atom stereocenters. The van der Waals surface area contributed by atoms with Crippen LogP contribution in [0.25, 0.3) is 0 Å². The van der Waals surface area contributed by atoms with E-state index in [1.165, 1.54) is 17.7 Å². The van der Waals surface area contributed by atoms with E-state index in [0.29, 0.717) is 6.04 Å². The molecule has 1 heterocycles. The third-order valence-electron chi connectivity index (χ3n) is 4.06. The maximum Gasteiger partial charge on any atom is 0.0672 e. The summed E-state index contributed by atoms with van der Waals surface area (Å²) in [6.07, 6.45) is 3.46. The average Bonchev–Trinajstić information content (AvgIpc) is 2.88. The van der Waals surface area contributed by atoms with Crippen LogP contribution in [0.4, 0.5) is 0 Å². The van der Waals surface area contributed by atoms with Crippen molar-refractivity contribution in [1.82, 2.24) is 4.90 Å². The second kappa shape index (κ2) is 6.36. The van der Waals surface area contributed by atoms with Crippen LogP contribution in [0, 0.1) is 23.2 Å². The molecule has 0 saturated heterocycles. The zero-order valence-electron chi connectivity index (χ0n) is 11.3. The molecule has 1 aromatic rings. The second-order valence-corrected chi connectivity index (χ2v) is 6.40. The van der Waals surface area contributed by atoms with Gasteiger partial charge in [0.05, 0.1) is 12.0 Å². The Bertz CT molecular complexity index is 393. The lowest BCUT2D eigenvalue weighted by atomic mass is 9.79. The molecule has 0 bridgehead atoms. The SMILES string of the molecule is CCN(Cc1cccs1)C1CC(C)CCC1C#N. The van der Waals surface area contributed by atoms with E-state index in [1.807, 2.05) is 11.3 Å². The third kappa shape index (κ3) is 3.13. The molecule has 0 aliphatic heterocycles. The lowest BCUT2D eigenvalue weighted by Gasteiger charge is -2.38. The molecule has 3 heteroatoms. The summed E-state index contributed by atoms with van der Waals surface area (Å²) in [5, 5.41) is 11.5. The van der Waals surface area contributed by atoms with Crippen molar-refractivity contribution in [1.29, 1.82) is 5.26 Å². The second-order valence-electron chi connectivity index (χ2n) is 5.36. The number of hydrogen-bond donors (Lipinski definition) is 0. The van der Waals surface area contributed by atoms with Crippen molar-refractivity contribution in [2.24, 2.45) is 11.8 Å². The summed E-state index contributed by atoms with van der Waals surface area (Å²) in [4.78, 5) is 3.90. The normalized spacial score (nSPS) is 28.2. The Kier molecular flexibility index (Phi) is 4.79. The topological polar surface area (TPSA) is 27.0 Å². The summed E-state index contributed by atoms with van der Waals surface area (Å²) in [5.74, 6) is 0.984. The number of nitriles is 1. The van der Waals surface area contributed by atoms with Crippen LogP contribution < -0.4 is 0 Å². The van der Waals surface area contributed by atoms with Crippen LogP contribution in [0.15, 0.2) is 17.5 Å². The van der Waals surface area contributed by atoms with Crippen LogP contribution in [0.5, 0.6) is 0 Å².